The Balaban J connectivity index is 2.82. The minimum absolute atomic E-state index is 0.217. The summed E-state index contributed by atoms with van der Waals surface area (Å²) in [5, 5.41) is 2.64. The number of anilines is 1. The third-order valence-corrected chi connectivity index (χ3v) is 1.46. The smallest absolute Gasteiger partial charge is 0.247 e. The van der Waals surface area contributed by atoms with E-state index in [0.29, 0.717) is 0 Å². The number of benzene rings is 1. The molecule has 0 aliphatic carbocycles. The van der Waals surface area contributed by atoms with E-state index in [-0.39, 0.29) is 5.91 Å². The van der Waals surface area contributed by atoms with Gasteiger partial charge in [-0.25, -0.2) is 0 Å². The van der Waals surface area contributed by atoms with Crippen LogP contribution in [0.4, 0.5) is 5.69 Å². The van der Waals surface area contributed by atoms with Gasteiger partial charge < -0.3 is 5.32 Å². The maximum atomic E-state index is 10.9. The summed E-state index contributed by atoms with van der Waals surface area (Å²) in [6.07, 6.45) is 1.23. The normalized spacial score (nSPS) is 9.08. The summed E-state index contributed by atoms with van der Waals surface area (Å²) in [6, 6.07) is 7.34. The molecule has 1 rings (SSSR count). The average molecular weight is 160 g/mol. The Hall–Kier alpha value is -1.57. The minimum Gasteiger partial charge on any atom is -0.322 e. The van der Waals surface area contributed by atoms with E-state index in [0.717, 1.165) is 11.3 Å². The lowest BCUT2D eigenvalue weighted by Crippen LogP contribution is -2.08. The van der Waals surface area contributed by atoms with E-state index in [1.807, 2.05) is 18.2 Å². The van der Waals surface area contributed by atoms with Gasteiger partial charge in [0.25, 0.3) is 0 Å². The lowest BCUT2D eigenvalue weighted by Gasteiger charge is -2.04. The quantitative estimate of drug-likeness (QED) is 0.658. The topological polar surface area (TPSA) is 29.1 Å². The molecular formula is C10H10NO. The lowest BCUT2D eigenvalue weighted by molar-refractivity contribution is -0.111. The molecule has 0 aliphatic rings. The summed E-state index contributed by atoms with van der Waals surface area (Å²) >= 11 is 0. The Morgan fingerprint density at radius 1 is 1.42 bits per heavy atom. The fourth-order valence-corrected chi connectivity index (χ4v) is 0.826. The van der Waals surface area contributed by atoms with Crippen LogP contribution >= 0.6 is 0 Å². The van der Waals surface area contributed by atoms with Gasteiger partial charge in [-0.15, -0.1) is 0 Å². The first-order valence-electron chi connectivity index (χ1n) is 3.58. The van der Waals surface area contributed by atoms with Crippen molar-refractivity contribution in [3.63, 3.8) is 0 Å². The molecule has 0 unspecified atom stereocenters. The maximum Gasteiger partial charge on any atom is 0.247 e. The van der Waals surface area contributed by atoms with Gasteiger partial charge in [-0.05, 0) is 24.6 Å². The number of hydrogen-bond donors (Lipinski definition) is 1. The first kappa shape index (κ1) is 8.53. The molecule has 0 saturated heterocycles. The third-order valence-electron chi connectivity index (χ3n) is 1.46. The highest BCUT2D eigenvalue weighted by Gasteiger charge is 1.98. The highest BCUT2D eigenvalue weighted by atomic mass is 16.1. The Labute approximate surface area is 71.9 Å². The number of para-hydroxylation sites is 1. The minimum atomic E-state index is -0.217. The zero-order chi connectivity index (χ0) is 8.97. The molecule has 1 aromatic rings. The number of carbonyl (C=O) groups excluding carboxylic acids is 1. The molecule has 1 amide bonds. The van der Waals surface area contributed by atoms with E-state index >= 15 is 0 Å². The van der Waals surface area contributed by atoms with Gasteiger partial charge in [0.15, 0.2) is 0 Å². The summed E-state index contributed by atoms with van der Waals surface area (Å²) in [7, 11) is 0. The van der Waals surface area contributed by atoms with Gasteiger partial charge in [0.2, 0.25) is 5.91 Å². The molecule has 12 heavy (non-hydrogen) atoms. The molecule has 0 aliphatic heterocycles. The highest BCUT2D eigenvalue weighted by molar-refractivity contribution is 5.99. The van der Waals surface area contributed by atoms with E-state index in [1.165, 1.54) is 6.08 Å². The first-order chi connectivity index (χ1) is 5.74. The van der Waals surface area contributed by atoms with Crippen molar-refractivity contribution in [2.24, 2.45) is 0 Å². The molecule has 0 bridgehead atoms. The molecule has 2 heteroatoms. The van der Waals surface area contributed by atoms with Crippen molar-refractivity contribution in [3.05, 3.63) is 49.4 Å². The lowest BCUT2D eigenvalue weighted by atomic mass is 10.2. The Kier molecular flexibility index (Phi) is 2.64. The largest absolute Gasteiger partial charge is 0.322 e. The van der Waals surface area contributed by atoms with Crippen LogP contribution in [-0.2, 0) is 4.79 Å². The molecule has 0 fully saturated rings. The standard InChI is InChI=1S/C10H10NO/c1-3-10(12)11-9-7-5-4-6-8(9)2/h3-7H,1-2H2,(H,11,12). The van der Waals surface area contributed by atoms with Crippen molar-refractivity contribution >= 4 is 11.6 Å². The second-order valence-corrected chi connectivity index (χ2v) is 2.35. The van der Waals surface area contributed by atoms with E-state index in [9.17, 15) is 4.79 Å². The van der Waals surface area contributed by atoms with Crippen LogP contribution in [0.1, 0.15) is 5.56 Å². The summed E-state index contributed by atoms with van der Waals surface area (Å²) in [4.78, 5) is 10.9. The Morgan fingerprint density at radius 2 is 2.08 bits per heavy atom. The number of nitrogens with one attached hydrogen (secondary N) is 1. The summed E-state index contributed by atoms with van der Waals surface area (Å²) < 4.78 is 0. The fraction of sp³-hybridized carbons (Fsp3) is 0. The molecule has 0 spiro atoms. The zero-order valence-electron chi connectivity index (χ0n) is 6.71. The molecule has 2 nitrogen and oxygen atoms in total. The van der Waals surface area contributed by atoms with Gasteiger partial charge in [-0.1, -0.05) is 24.8 Å². The zero-order valence-corrected chi connectivity index (χ0v) is 6.71. The summed E-state index contributed by atoms with van der Waals surface area (Å²) in [5.74, 6) is -0.217. The molecular weight excluding hydrogens is 150 g/mol. The van der Waals surface area contributed by atoms with E-state index in [2.05, 4.69) is 18.8 Å². The highest BCUT2D eigenvalue weighted by Crippen LogP contribution is 2.12. The number of rotatable bonds is 2. The SMILES string of the molecule is [CH2]c1ccccc1NC(=O)C=C. The van der Waals surface area contributed by atoms with Crippen molar-refractivity contribution in [1.29, 1.82) is 0 Å². The summed E-state index contributed by atoms with van der Waals surface area (Å²) in [6.45, 7) is 7.11. The van der Waals surface area contributed by atoms with Crippen molar-refractivity contribution in [2.75, 3.05) is 5.32 Å². The molecule has 0 atom stereocenters. The van der Waals surface area contributed by atoms with Gasteiger partial charge in [-0.3, -0.25) is 4.79 Å². The van der Waals surface area contributed by atoms with Crippen LogP contribution < -0.4 is 5.32 Å². The number of amides is 1. The predicted octanol–water partition coefficient (Wildman–Crippen LogP) is 1.99. The predicted molar refractivity (Wildman–Crippen MR) is 49.7 cm³/mol. The average Bonchev–Trinajstić information content (AvgIpc) is 2.09. The summed E-state index contributed by atoms with van der Waals surface area (Å²) in [5.41, 5.74) is 1.52. The van der Waals surface area contributed by atoms with Crippen molar-refractivity contribution in [2.45, 2.75) is 0 Å². The molecule has 0 aromatic heterocycles. The van der Waals surface area contributed by atoms with Crippen LogP contribution in [0.3, 0.4) is 0 Å². The monoisotopic (exact) mass is 160 g/mol. The van der Waals surface area contributed by atoms with Crippen molar-refractivity contribution in [1.82, 2.24) is 0 Å². The van der Waals surface area contributed by atoms with Crippen LogP contribution in [0, 0.1) is 6.92 Å². The van der Waals surface area contributed by atoms with E-state index in [4.69, 9.17) is 0 Å². The van der Waals surface area contributed by atoms with Crippen LogP contribution in [0.2, 0.25) is 0 Å². The van der Waals surface area contributed by atoms with Crippen LogP contribution in [0.15, 0.2) is 36.9 Å². The molecule has 1 N–H and O–H groups in total. The van der Waals surface area contributed by atoms with Gasteiger partial charge >= 0.3 is 0 Å². The second kappa shape index (κ2) is 3.72. The Morgan fingerprint density at radius 3 is 2.67 bits per heavy atom. The molecule has 0 heterocycles. The molecule has 1 radical (unpaired) electrons. The van der Waals surface area contributed by atoms with Gasteiger partial charge in [-0.2, -0.15) is 0 Å². The van der Waals surface area contributed by atoms with Gasteiger partial charge in [0.05, 0.1) is 0 Å². The Bertz CT molecular complexity index is 304. The maximum absolute atomic E-state index is 10.9. The van der Waals surface area contributed by atoms with Gasteiger partial charge in [0.1, 0.15) is 0 Å². The fourth-order valence-electron chi connectivity index (χ4n) is 0.826. The molecule has 0 saturated carbocycles. The van der Waals surface area contributed by atoms with Crippen LogP contribution in [-0.4, -0.2) is 5.91 Å². The second-order valence-electron chi connectivity index (χ2n) is 2.35. The third kappa shape index (κ3) is 1.95. The van der Waals surface area contributed by atoms with E-state index < -0.39 is 0 Å². The first-order valence-corrected chi connectivity index (χ1v) is 3.58. The van der Waals surface area contributed by atoms with Gasteiger partial charge in [0, 0.05) is 5.69 Å². The van der Waals surface area contributed by atoms with Crippen LogP contribution in [0.25, 0.3) is 0 Å². The van der Waals surface area contributed by atoms with E-state index in [1.54, 1.807) is 6.07 Å². The number of carbonyl (C=O) groups is 1. The van der Waals surface area contributed by atoms with Crippen molar-refractivity contribution < 1.29 is 4.79 Å². The number of hydrogen-bond acceptors (Lipinski definition) is 1. The molecule has 61 valence electrons. The van der Waals surface area contributed by atoms with Crippen LogP contribution in [0.5, 0.6) is 0 Å². The molecule has 1 aromatic carbocycles. The van der Waals surface area contributed by atoms with Crippen molar-refractivity contribution in [3.8, 4) is 0 Å².